The third-order valence-electron chi connectivity index (χ3n) is 6.89. The summed E-state index contributed by atoms with van der Waals surface area (Å²) in [6.07, 6.45) is 7.74. The molecule has 0 unspecified atom stereocenters. The second-order valence-corrected chi connectivity index (χ2v) is 9.38. The summed E-state index contributed by atoms with van der Waals surface area (Å²) in [6, 6.07) is 14.4. The predicted molar refractivity (Wildman–Crippen MR) is 129 cm³/mol. The van der Waals surface area contributed by atoms with E-state index >= 15 is 0 Å². The average Bonchev–Trinajstić information content (AvgIpc) is 3.61. The number of carbonyl (C=O) groups is 2. The van der Waals surface area contributed by atoms with E-state index in [-0.39, 0.29) is 17.7 Å². The lowest BCUT2D eigenvalue weighted by Gasteiger charge is -2.32. The smallest absolute Gasteiger partial charge is 0.253 e. The van der Waals surface area contributed by atoms with Crippen molar-refractivity contribution in [2.24, 2.45) is 13.0 Å². The molecule has 33 heavy (non-hydrogen) atoms. The van der Waals surface area contributed by atoms with Gasteiger partial charge in [-0.25, -0.2) is 0 Å². The number of rotatable bonds is 5. The highest BCUT2D eigenvalue weighted by molar-refractivity contribution is 5.99. The van der Waals surface area contributed by atoms with Crippen molar-refractivity contribution in [1.29, 1.82) is 0 Å². The number of nitrogens with zero attached hydrogens (tertiary/aromatic N) is 3. The highest BCUT2D eigenvalue weighted by Gasteiger charge is 2.30. The molecular formula is C27H30N4O2. The zero-order valence-corrected chi connectivity index (χ0v) is 19.3. The zero-order valence-electron chi connectivity index (χ0n) is 19.3. The third-order valence-corrected chi connectivity index (χ3v) is 6.89. The van der Waals surface area contributed by atoms with Crippen molar-refractivity contribution < 1.29 is 9.59 Å². The van der Waals surface area contributed by atoms with E-state index in [2.05, 4.69) is 34.7 Å². The molecular weight excluding hydrogens is 412 g/mol. The monoisotopic (exact) mass is 442 g/mol. The largest absolute Gasteiger partial charge is 0.339 e. The van der Waals surface area contributed by atoms with E-state index in [0.29, 0.717) is 11.5 Å². The van der Waals surface area contributed by atoms with Gasteiger partial charge in [-0.05, 0) is 67.3 Å². The first kappa shape index (κ1) is 21.4. The molecule has 6 heteroatoms. The molecule has 0 bridgehead atoms. The second kappa shape index (κ2) is 8.85. The lowest BCUT2D eigenvalue weighted by molar-refractivity contribution is -0.117. The summed E-state index contributed by atoms with van der Waals surface area (Å²) < 4.78 is 1.81. The molecule has 1 saturated carbocycles. The molecule has 1 saturated heterocycles. The number of carbonyl (C=O) groups excluding carboxylic acids is 2. The minimum Gasteiger partial charge on any atom is -0.339 e. The lowest BCUT2D eigenvalue weighted by Crippen LogP contribution is -2.38. The van der Waals surface area contributed by atoms with Gasteiger partial charge in [-0.3, -0.25) is 14.3 Å². The molecule has 1 N–H and O–H groups in total. The maximum Gasteiger partial charge on any atom is 0.253 e. The van der Waals surface area contributed by atoms with Gasteiger partial charge in [0.25, 0.3) is 5.91 Å². The zero-order chi connectivity index (χ0) is 22.9. The number of hydrogen-bond acceptors (Lipinski definition) is 3. The number of nitrogens with one attached hydrogen (secondary N) is 1. The number of aryl methyl sites for hydroxylation is 2. The van der Waals surface area contributed by atoms with Crippen LogP contribution in [0.4, 0.5) is 5.69 Å². The van der Waals surface area contributed by atoms with Crippen LogP contribution in [0.3, 0.4) is 0 Å². The first-order valence-corrected chi connectivity index (χ1v) is 11.8. The highest BCUT2D eigenvalue weighted by atomic mass is 16.2. The van der Waals surface area contributed by atoms with Crippen LogP contribution in [0.2, 0.25) is 0 Å². The number of amides is 2. The Morgan fingerprint density at radius 1 is 0.970 bits per heavy atom. The standard InChI is InChI=1S/C27H30N4O2/c1-18-3-4-23(15-25(18)29-26(32)22-9-10-22)27(33)31-13-11-21(12-14-31)19-5-7-20(8-6-19)24-16-28-30(2)17-24/h3-8,15-17,21-22H,9-14H2,1-2H3,(H,29,32). The molecule has 0 radical (unpaired) electrons. The van der Waals surface area contributed by atoms with E-state index in [1.54, 1.807) is 0 Å². The second-order valence-electron chi connectivity index (χ2n) is 9.38. The molecule has 5 rings (SSSR count). The van der Waals surface area contributed by atoms with Gasteiger partial charge in [-0.15, -0.1) is 0 Å². The molecule has 1 aromatic heterocycles. The van der Waals surface area contributed by atoms with Gasteiger partial charge in [0.2, 0.25) is 5.91 Å². The van der Waals surface area contributed by atoms with Crippen LogP contribution in [0, 0.1) is 12.8 Å². The van der Waals surface area contributed by atoms with Crippen LogP contribution in [-0.2, 0) is 11.8 Å². The van der Waals surface area contributed by atoms with Crippen molar-refractivity contribution in [3.05, 3.63) is 71.5 Å². The first-order chi connectivity index (χ1) is 16.0. The summed E-state index contributed by atoms with van der Waals surface area (Å²) in [5.41, 5.74) is 6.00. The minimum atomic E-state index is 0.0438. The van der Waals surface area contributed by atoms with Crippen molar-refractivity contribution in [2.75, 3.05) is 18.4 Å². The van der Waals surface area contributed by atoms with Crippen LogP contribution in [0.1, 0.15) is 53.1 Å². The van der Waals surface area contributed by atoms with Crippen LogP contribution in [0.5, 0.6) is 0 Å². The Kier molecular flexibility index (Phi) is 5.75. The van der Waals surface area contributed by atoms with E-state index in [1.165, 1.54) is 11.1 Å². The molecule has 2 heterocycles. The molecule has 6 nitrogen and oxygen atoms in total. The van der Waals surface area contributed by atoms with Gasteiger partial charge >= 0.3 is 0 Å². The van der Waals surface area contributed by atoms with Gasteiger partial charge in [-0.1, -0.05) is 30.3 Å². The Morgan fingerprint density at radius 2 is 1.70 bits per heavy atom. The molecule has 3 aromatic rings. The maximum atomic E-state index is 13.1. The first-order valence-electron chi connectivity index (χ1n) is 11.8. The minimum absolute atomic E-state index is 0.0438. The number of hydrogen-bond donors (Lipinski definition) is 1. The van der Waals surface area contributed by atoms with E-state index < -0.39 is 0 Å². The maximum absolute atomic E-state index is 13.1. The molecule has 0 spiro atoms. The van der Waals surface area contributed by atoms with Gasteiger partial charge in [0, 0.05) is 49.1 Å². The predicted octanol–water partition coefficient (Wildman–Crippen LogP) is 4.76. The molecule has 2 aliphatic rings. The Balaban J connectivity index is 1.21. The van der Waals surface area contributed by atoms with Gasteiger partial charge in [0.15, 0.2) is 0 Å². The topological polar surface area (TPSA) is 67.2 Å². The van der Waals surface area contributed by atoms with Crippen LogP contribution < -0.4 is 5.32 Å². The van der Waals surface area contributed by atoms with Crippen LogP contribution in [0.15, 0.2) is 54.9 Å². The quantitative estimate of drug-likeness (QED) is 0.619. The van der Waals surface area contributed by atoms with Crippen molar-refractivity contribution in [3.63, 3.8) is 0 Å². The summed E-state index contributed by atoms with van der Waals surface area (Å²) in [5, 5.41) is 7.25. The van der Waals surface area contributed by atoms with Crippen molar-refractivity contribution in [2.45, 2.75) is 38.5 Å². The average molecular weight is 443 g/mol. The number of likely N-dealkylation sites (tertiary alicyclic amines) is 1. The third kappa shape index (κ3) is 4.70. The van der Waals surface area contributed by atoms with Crippen LogP contribution >= 0.6 is 0 Å². The summed E-state index contributed by atoms with van der Waals surface area (Å²) in [6.45, 7) is 3.44. The van der Waals surface area contributed by atoms with E-state index in [4.69, 9.17) is 0 Å². The summed E-state index contributed by atoms with van der Waals surface area (Å²) in [7, 11) is 1.93. The molecule has 2 amide bonds. The number of piperidine rings is 1. The summed E-state index contributed by atoms with van der Waals surface area (Å²) in [4.78, 5) is 27.3. The fourth-order valence-corrected chi connectivity index (χ4v) is 4.59. The number of aromatic nitrogens is 2. The van der Waals surface area contributed by atoms with Crippen molar-refractivity contribution in [1.82, 2.24) is 14.7 Å². The fraction of sp³-hybridized carbons (Fsp3) is 0.370. The van der Waals surface area contributed by atoms with E-state index in [0.717, 1.165) is 55.6 Å². The van der Waals surface area contributed by atoms with E-state index in [9.17, 15) is 9.59 Å². The normalized spacial score (nSPS) is 16.6. The summed E-state index contributed by atoms with van der Waals surface area (Å²) >= 11 is 0. The van der Waals surface area contributed by atoms with Gasteiger partial charge in [-0.2, -0.15) is 5.10 Å². The molecule has 0 atom stereocenters. The Labute approximate surface area is 194 Å². The fourth-order valence-electron chi connectivity index (χ4n) is 4.59. The highest BCUT2D eigenvalue weighted by Crippen LogP contribution is 2.32. The van der Waals surface area contributed by atoms with Crippen molar-refractivity contribution in [3.8, 4) is 11.1 Å². The molecule has 1 aliphatic carbocycles. The van der Waals surface area contributed by atoms with Crippen LogP contribution in [-0.4, -0.2) is 39.6 Å². The number of benzene rings is 2. The van der Waals surface area contributed by atoms with Gasteiger partial charge in [0.1, 0.15) is 0 Å². The Morgan fingerprint density at radius 3 is 2.33 bits per heavy atom. The molecule has 2 aromatic carbocycles. The molecule has 1 aliphatic heterocycles. The van der Waals surface area contributed by atoms with E-state index in [1.807, 2.05) is 54.1 Å². The van der Waals surface area contributed by atoms with Crippen molar-refractivity contribution >= 4 is 17.5 Å². The van der Waals surface area contributed by atoms with Gasteiger partial charge < -0.3 is 10.2 Å². The number of anilines is 1. The Hall–Kier alpha value is -3.41. The molecule has 170 valence electrons. The Bertz CT molecular complexity index is 1170. The van der Waals surface area contributed by atoms with Crippen LogP contribution in [0.25, 0.3) is 11.1 Å². The van der Waals surface area contributed by atoms with Gasteiger partial charge in [0.05, 0.1) is 6.20 Å². The lowest BCUT2D eigenvalue weighted by atomic mass is 9.88. The molecule has 2 fully saturated rings. The SMILES string of the molecule is Cc1ccc(C(=O)N2CCC(c3ccc(-c4cnn(C)c4)cc3)CC2)cc1NC(=O)C1CC1. The summed E-state index contributed by atoms with van der Waals surface area (Å²) in [5.74, 6) is 0.713.